The normalized spacial score (nSPS) is 11.9. The van der Waals surface area contributed by atoms with Crippen LogP contribution >= 0.6 is 0 Å². The van der Waals surface area contributed by atoms with Crippen LogP contribution in [0.25, 0.3) is 0 Å². The number of carboxylic acid groups (broad SMARTS) is 1. The zero-order valence-corrected chi connectivity index (χ0v) is 14.5. The Morgan fingerprint density at radius 3 is 1.84 bits per heavy atom. The third-order valence-electron chi connectivity index (χ3n) is 4.17. The first-order chi connectivity index (χ1) is 12.0. The number of hydrogen-bond acceptors (Lipinski definition) is 2. The molecular weight excluding hydrogens is 314 g/mol. The monoisotopic (exact) mass is 339 g/mol. The van der Waals surface area contributed by atoms with Crippen molar-refractivity contribution in [1.82, 2.24) is 5.32 Å². The molecule has 25 heavy (non-hydrogen) atoms. The van der Waals surface area contributed by atoms with E-state index in [1.54, 1.807) is 0 Å². The lowest BCUT2D eigenvalue weighted by molar-refractivity contribution is -0.138. The highest BCUT2D eigenvalue weighted by Gasteiger charge is 2.20. The minimum absolute atomic E-state index is 0.0232. The van der Waals surface area contributed by atoms with Gasteiger partial charge in [0.25, 0.3) is 0 Å². The van der Waals surface area contributed by atoms with Crippen molar-refractivity contribution in [2.45, 2.75) is 26.2 Å². The first-order valence-corrected chi connectivity index (χ1v) is 8.62. The molecular formula is C21H25NO3. The number of aliphatic carboxylic acids is 1. The Bertz CT molecular complexity index is 629. The number of benzene rings is 2. The van der Waals surface area contributed by atoms with Crippen molar-refractivity contribution in [2.24, 2.45) is 11.8 Å². The van der Waals surface area contributed by atoms with Gasteiger partial charge in [-0.05, 0) is 29.9 Å². The van der Waals surface area contributed by atoms with Crippen LogP contribution in [0.5, 0.6) is 0 Å². The summed E-state index contributed by atoms with van der Waals surface area (Å²) in [5.74, 6) is -1.13. The van der Waals surface area contributed by atoms with E-state index < -0.39 is 5.97 Å². The standard InChI is InChI=1S/C21H25NO3/c1-16(12-20(23)24)15-22-21(25)19(13-17-8-4-2-5-9-17)14-18-10-6-3-7-11-18/h2-11,16,19H,12-15H2,1H3,(H,22,25)(H,23,24). The maximum absolute atomic E-state index is 12.7. The van der Waals surface area contributed by atoms with E-state index in [1.165, 1.54) is 0 Å². The van der Waals surface area contributed by atoms with E-state index in [9.17, 15) is 9.59 Å². The molecule has 0 aliphatic heterocycles. The van der Waals surface area contributed by atoms with Gasteiger partial charge in [-0.25, -0.2) is 0 Å². The molecule has 0 heterocycles. The van der Waals surface area contributed by atoms with Gasteiger partial charge in [-0.15, -0.1) is 0 Å². The second-order valence-corrected chi connectivity index (χ2v) is 6.52. The molecule has 0 fully saturated rings. The summed E-state index contributed by atoms with van der Waals surface area (Å²) in [4.78, 5) is 23.4. The maximum atomic E-state index is 12.7. The SMILES string of the molecule is CC(CNC(=O)C(Cc1ccccc1)Cc1ccccc1)CC(=O)O. The molecule has 4 heteroatoms. The fraction of sp³-hybridized carbons (Fsp3) is 0.333. The molecule has 0 saturated carbocycles. The first kappa shape index (κ1) is 18.7. The van der Waals surface area contributed by atoms with Gasteiger partial charge in [-0.3, -0.25) is 9.59 Å². The van der Waals surface area contributed by atoms with Crippen LogP contribution in [-0.4, -0.2) is 23.5 Å². The molecule has 0 bridgehead atoms. The summed E-state index contributed by atoms with van der Waals surface area (Å²) in [6, 6.07) is 19.9. The highest BCUT2D eigenvalue weighted by Crippen LogP contribution is 2.15. The van der Waals surface area contributed by atoms with Gasteiger partial charge >= 0.3 is 5.97 Å². The number of amides is 1. The summed E-state index contributed by atoms with van der Waals surface area (Å²) in [6.07, 6.45) is 1.38. The molecule has 2 aromatic carbocycles. The van der Waals surface area contributed by atoms with E-state index in [0.717, 1.165) is 11.1 Å². The lowest BCUT2D eigenvalue weighted by atomic mass is 9.91. The minimum Gasteiger partial charge on any atom is -0.481 e. The topological polar surface area (TPSA) is 66.4 Å². The Labute approximate surface area is 148 Å². The predicted octanol–water partition coefficient (Wildman–Crippen LogP) is 3.32. The number of carboxylic acids is 1. The Hall–Kier alpha value is -2.62. The van der Waals surface area contributed by atoms with Crippen molar-refractivity contribution in [2.75, 3.05) is 6.54 Å². The zero-order valence-electron chi connectivity index (χ0n) is 14.5. The van der Waals surface area contributed by atoms with Crippen LogP contribution in [-0.2, 0) is 22.4 Å². The van der Waals surface area contributed by atoms with Gasteiger partial charge in [0.15, 0.2) is 0 Å². The maximum Gasteiger partial charge on any atom is 0.303 e. The summed E-state index contributed by atoms with van der Waals surface area (Å²) in [7, 11) is 0. The van der Waals surface area contributed by atoms with Crippen LogP contribution in [0.1, 0.15) is 24.5 Å². The van der Waals surface area contributed by atoms with Crippen LogP contribution in [0.4, 0.5) is 0 Å². The molecule has 0 radical (unpaired) electrons. The van der Waals surface area contributed by atoms with Gasteiger partial charge in [0.2, 0.25) is 5.91 Å². The summed E-state index contributed by atoms with van der Waals surface area (Å²) in [5, 5.41) is 11.8. The van der Waals surface area contributed by atoms with Crippen molar-refractivity contribution in [3.05, 3.63) is 71.8 Å². The average Bonchev–Trinajstić information content (AvgIpc) is 2.60. The fourth-order valence-electron chi connectivity index (χ4n) is 2.84. The van der Waals surface area contributed by atoms with Crippen molar-refractivity contribution in [3.8, 4) is 0 Å². The van der Waals surface area contributed by atoms with Crippen molar-refractivity contribution in [3.63, 3.8) is 0 Å². The molecule has 1 atom stereocenters. The molecule has 132 valence electrons. The fourth-order valence-corrected chi connectivity index (χ4v) is 2.84. The summed E-state index contributed by atoms with van der Waals surface area (Å²) in [5.41, 5.74) is 2.24. The largest absolute Gasteiger partial charge is 0.481 e. The molecule has 1 unspecified atom stereocenters. The summed E-state index contributed by atoms with van der Waals surface area (Å²) >= 11 is 0. The van der Waals surface area contributed by atoms with Crippen molar-refractivity contribution >= 4 is 11.9 Å². The van der Waals surface area contributed by atoms with Gasteiger partial charge in [-0.1, -0.05) is 67.6 Å². The lowest BCUT2D eigenvalue weighted by Crippen LogP contribution is -2.36. The van der Waals surface area contributed by atoms with Crippen LogP contribution in [0.15, 0.2) is 60.7 Å². The van der Waals surface area contributed by atoms with Gasteiger partial charge < -0.3 is 10.4 Å². The molecule has 0 aliphatic carbocycles. The first-order valence-electron chi connectivity index (χ1n) is 8.62. The van der Waals surface area contributed by atoms with E-state index in [-0.39, 0.29) is 24.2 Å². The smallest absolute Gasteiger partial charge is 0.303 e. The van der Waals surface area contributed by atoms with Crippen molar-refractivity contribution < 1.29 is 14.7 Å². The molecule has 4 nitrogen and oxygen atoms in total. The van der Waals surface area contributed by atoms with Gasteiger partial charge in [0.1, 0.15) is 0 Å². The number of rotatable bonds is 9. The van der Waals surface area contributed by atoms with Crippen LogP contribution in [0, 0.1) is 11.8 Å². The Morgan fingerprint density at radius 1 is 0.920 bits per heavy atom. The second kappa shape index (κ2) is 9.62. The molecule has 2 rings (SSSR count). The summed E-state index contributed by atoms with van der Waals surface area (Å²) < 4.78 is 0. The molecule has 1 amide bonds. The Balaban J connectivity index is 2.02. The second-order valence-electron chi connectivity index (χ2n) is 6.52. The van der Waals surface area contributed by atoms with Crippen LogP contribution < -0.4 is 5.32 Å². The molecule has 0 aliphatic rings. The average molecular weight is 339 g/mol. The predicted molar refractivity (Wildman–Crippen MR) is 98.2 cm³/mol. The minimum atomic E-state index is -0.841. The van der Waals surface area contributed by atoms with Crippen LogP contribution in [0.2, 0.25) is 0 Å². The zero-order chi connectivity index (χ0) is 18.1. The van der Waals surface area contributed by atoms with E-state index in [2.05, 4.69) is 5.32 Å². The van der Waals surface area contributed by atoms with Gasteiger partial charge in [0.05, 0.1) is 0 Å². The quantitative estimate of drug-likeness (QED) is 0.736. The number of carbonyl (C=O) groups excluding carboxylic acids is 1. The summed E-state index contributed by atoms with van der Waals surface area (Å²) in [6.45, 7) is 2.21. The van der Waals surface area contributed by atoms with E-state index in [1.807, 2.05) is 67.6 Å². The van der Waals surface area contributed by atoms with Gasteiger partial charge in [-0.2, -0.15) is 0 Å². The molecule has 2 N–H and O–H groups in total. The van der Waals surface area contributed by atoms with Crippen molar-refractivity contribution in [1.29, 1.82) is 0 Å². The Kier molecular flexibility index (Phi) is 7.20. The molecule has 0 aromatic heterocycles. The van der Waals surface area contributed by atoms with Crippen LogP contribution in [0.3, 0.4) is 0 Å². The highest BCUT2D eigenvalue weighted by molar-refractivity contribution is 5.79. The van der Waals surface area contributed by atoms with E-state index in [0.29, 0.717) is 19.4 Å². The Morgan fingerprint density at radius 2 is 1.40 bits per heavy atom. The molecule has 0 saturated heterocycles. The third kappa shape index (κ3) is 6.79. The molecule has 2 aromatic rings. The number of hydrogen-bond donors (Lipinski definition) is 2. The lowest BCUT2D eigenvalue weighted by Gasteiger charge is -2.19. The number of nitrogens with one attached hydrogen (secondary N) is 1. The highest BCUT2D eigenvalue weighted by atomic mass is 16.4. The van der Waals surface area contributed by atoms with E-state index in [4.69, 9.17) is 5.11 Å². The van der Waals surface area contributed by atoms with E-state index >= 15 is 0 Å². The third-order valence-corrected chi connectivity index (χ3v) is 4.17. The van der Waals surface area contributed by atoms with Gasteiger partial charge in [0, 0.05) is 18.9 Å². The molecule has 0 spiro atoms. The number of carbonyl (C=O) groups is 2.